The van der Waals surface area contributed by atoms with E-state index >= 15 is 0 Å². The third-order valence-electron chi connectivity index (χ3n) is 1.83. The number of aromatic nitrogens is 2. The Labute approximate surface area is 90.3 Å². The number of nitrogens with one attached hydrogen (secondary N) is 2. The largest absolute Gasteiger partial charge is 0.380 e. The summed E-state index contributed by atoms with van der Waals surface area (Å²) in [5.41, 5.74) is 0.938. The number of anilines is 2. The van der Waals surface area contributed by atoms with Gasteiger partial charge in [0.15, 0.2) is 0 Å². The lowest BCUT2D eigenvalue weighted by molar-refractivity contribution is 0.158. The van der Waals surface area contributed by atoms with E-state index in [0.717, 1.165) is 24.7 Å². The molecule has 0 aliphatic heterocycles. The van der Waals surface area contributed by atoms with E-state index in [2.05, 4.69) is 20.6 Å². The number of hydrogen-bond donors (Lipinski definition) is 2. The van der Waals surface area contributed by atoms with Crippen LogP contribution >= 0.6 is 0 Å². The fourth-order valence-corrected chi connectivity index (χ4v) is 1.17. The first-order valence-electron chi connectivity index (χ1n) is 5.11. The molecule has 5 heteroatoms. The summed E-state index contributed by atoms with van der Waals surface area (Å²) in [5, 5.41) is 6.10. The van der Waals surface area contributed by atoms with Crippen LogP contribution in [0.25, 0.3) is 0 Å². The van der Waals surface area contributed by atoms with E-state index in [1.165, 1.54) is 0 Å². The molecule has 0 radical (unpaired) electrons. The maximum Gasteiger partial charge on any atom is 0.224 e. The zero-order valence-corrected chi connectivity index (χ0v) is 9.50. The van der Waals surface area contributed by atoms with Crippen molar-refractivity contribution in [2.45, 2.75) is 13.8 Å². The molecule has 0 saturated heterocycles. The monoisotopic (exact) mass is 210 g/mol. The fraction of sp³-hybridized carbons (Fsp3) is 0.600. The Morgan fingerprint density at radius 1 is 1.40 bits per heavy atom. The van der Waals surface area contributed by atoms with Crippen LogP contribution < -0.4 is 10.6 Å². The number of rotatable bonds is 6. The average Bonchev–Trinajstić information content (AvgIpc) is 2.23. The molecular weight excluding hydrogens is 192 g/mol. The Balaban J connectivity index is 2.49. The lowest BCUT2D eigenvalue weighted by Gasteiger charge is -2.07. The lowest BCUT2D eigenvalue weighted by atomic mass is 10.4. The van der Waals surface area contributed by atoms with Crippen molar-refractivity contribution in [1.82, 2.24) is 9.97 Å². The molecule has 0 unspecified atom stereocenters. The summed E-state index contributed by atoms with van der Waals surface area (Å²) in [4.78, 5) is 8.46. The van der Waals surface area contributed by atoms with Gasteiger partial charge in [-0.1, -0.05) is 0 Å². The highest BCUT2D eigenvalue weighted by atomic mass is 16.5. The van der Waals surface area contributed by atoms with Crippen molar-refractivity contribution < 1.29 is 4.74 Å². The molecule has 1 aromatic heterocycles. The second-order valence-corrected chi connectivity index (χ2v) is 3.09. The molecule has 15 heavy (non-hydrogen) atoms. The van der Waals surface area contributed by atoms with Gasteiger partial charge >= 0.3 is 0 Å². The first-order chi connectivity index (χ1) is 7.26. The molecule has 0 atom stereocenters. The Kier molecular flexibility index (Phi) is 4.83. The standard InChI is InChI=1S/C10H18N4O/c1-4-15-6-5-12-9-7-8(2)13-10(11-3)14-9/h7H,4-6H2,1-3H3,(H2,11,12,13,14). The minimum atomic E-state index is 0.633. The van der Waals surface area contributed by atoms with Crippen molar-refractivity contribution in [3.05, 3.63) is 11.8 Å². The first-order valence-corrected chi connectivity index (χ1v) is 5.11. The average molecular weight is 210 g/mol. The van der Waals surface area contributed by atoms with Gasteiger partial charge in [-0.25, -0.2) is 4.98 Å². The molecule has 1 aromatic rings. The summed E-state index contributed by atoms with van der Waals surface area (Å²) in [6, 6.07) is 1.91. The van der Waals surface area contributed by atoms with Gasteiger partial charge in [-0.3, -0.25) is 0 Å². The summed E-state index contributed by atoms with van der Waals surface area (Å²) in [6.07, 6.45) is 0. The third kappa shape index (κ3) is 4.12. The van der Waals surface area contributed by atoms with Crippen molar-refractivity contribution in [1.29, 1.82) is 0 Å². The Bertz CT molecular complexity index is 303. The van der Waals surface area contributed by atoms with Crippen molar-refractivity contribution >= 4 is 11.8 Å². The normalized spacial score (nSPS) is 10.1. The van der Waals surface area contributed by atoms with Crippen LogP contribution in [0, 0.1) is 6.92 Å². The molecule has 0 saturated carbocycles. The quantitative estimate of drug-likeness (QED) is 0.692. The number of nitrogens with zero attached hydrogens (tertiary/aromatic N) is 2. The Hall–Kier alpha value is -1.36. The summed E-state index contributed by atoms with van der Waals surface area (Å²) in [7, 11) is 1.80. The second-order valence-electron chi connectivity index (χ2n) is 3.09. The van der Waals surface area contributed by atoms with Gasteiger partial charge in [0.05, 0.1) is 6.61 Å². The van der Waals surface area contributed by atoms with Gasteiger partial charge in [0, 0.05) is 32.0 Å². The van der Waals surface area contributed by atoms with E-state index in [-0.39, 0.29) is 0 Å². The molecule has 0 aliphatic carbocycles. The van der Waals surface area contributed by atoms with Gasteiger partial charge in [-0.05, 0) is 13.8 Å². The van der Waals surface area contributed by atoms with Crippen LogP contribution in [0.4, 0.5) is 11.8 Å². The minimum absolute atomic E-state index is 0.633. The van der Waals surface area contributed by atoms with Crippen LogP contribution in [-0.4, -0.2) is 36.8 Å². The molecule has 0 aromatic carbocycles. The molecule has 0 amide bonds. The van der Waals surface area contributed by atoms with E-state index in [4.69, 9.17) is 4.74 Å². The number of ether oxygens (including phenoxy) is 1. The summed E-state index contributed by atoms with van der Waals surface area (Å²) in [6.45, 7) is 6.11. The van der Waals surface area contributed by atoms with E-state index < -0.39 is 0 Å². The van der Waals surface area contributed by atoms with Crippen LogP contribution in [-0.2, 0) is 4.74 Å². The van der Waals surface area contributed by atoms with Crippen LogP contribution in [0.15, 0.2) is 6.07 Å². The zero-order chi connectivity index (χ0) is 11.1. The first kappa shape index (κ1) is 11.7. The molecule has 1 heterocycles. The minimum Gasteiger partial charge on any atom is -0.380 e. The predicted molar refractivity (Wildman–Crippen MR) is 61.3 cm³/mol. The van der Waals surface area contributed by atoms with Gasteiger partial charge in [0.2, 0.25) is 5.95 Å². The second kappa shape index (κ2) is 6.19. The molecule has 0 fully saturated rings. The molecule has 5 nitrogen and oxygen atoms in total. The molecule has 84 valence electrons. The lowest BCUT2D eigenvalue weighted by Crippen LogP contribution is -2.11. The van der Waals surface area contributed by atoms with E-state index in [0.29, 0.717) is 12.6 Å². The van der Waals surface area contributed by atoms with E-state index in [9.17, 15) is 0 Å². The van der Waals surface area contributed by atoms with Gasteiger partial charge in [-0.2, -0.15) is 4.98 Å². The Morgan fingerprint density at radius 2 is 2.20 bits per heavy atom. The van der Waals surface area contributed by atoms with Crippen molar-refractivity contribution in [3.63, 3.8) is 0 Å². The number of aryl methyl sites for hydroxylation is 1. The molecule has 0 aliphatic rings. The van der Waals surface area contributed by atoms with Gasteiger partial charge in [0.25, 0.3) is 0 Å². The fourth-order valence-electron chi connectivity index (χ4n) is 1.17. The van der Waals surface area contributed by atoms with Gasteiger partial charge in [0.1, 0.15) is 5.82 Å². The Morgan fingerprint density at radius 3 is 2.87 bits per heavy atom. The SMILES string of the molecule is CCOCCNc1cc(C)nc(NC)n1. The van der Waals surface area contributed by atoms with Crippen LogP contribution in [0.5, 0.6) is 0 Å². The van der Waals surface area contributed by atoms with Crippen molar-refractivity contribution in [2.24, 2.45) is 0 Å². The van der Waals surface area contributed by atoms with Crippen molar-refractivity contribution in [2.75, 3.05) is 37.4 Å². The smallest absolute Gasteiger partial charge is 0.224 e. The van der Waals surface area contributed by atoms with Gasteiger partial charge < -0.3 is 15.4 Å². The van der Waals surface area contributed by atoms with Crippen LogP contribution in [0.3, 0.4) is 0 Å². The maximum atomic E-state index is 5.22. The summed E-state index contributed by atoms with van der Waals surface area (Å²) in [5.74, 6) is 1.46. The maximum absolute atomic E-state index is 5.22. The highest BCUT2D eigenvalue weighted by molar-refractivity contribution is 5.41. The molecule has 1 rings (SSSR count). The molecule has 0 bridgehead atoms. The topological polar surface area (TPSA) is 59.1 Å². The number of hydrogen-bond acceptors (Lipinski definition) is 5. The molecule has 0 spiro atoms. The highest BCUT2D eigenvalue weighted by Gasteiger charge is 1.99. The van der Waals surface area contributed by atoms with Crippen molar-refractivity contribution in [3.8, 4) is 0 Å². The third-order valence-corrected chi connectivity index (χ3v) is 1.83. The molecular formula is C10H18N4O. The van der Waals surface area contributed by atoms with E-state index in [1.807, 2.05) is 19.9 Å². The van der Waals surface area contributed by atoms with Crippen LogP contribution in [0.1, 0.15) is 12.6 Å². The summed E-state index contributed by atoms with van der Waals surface area (Å²) >= 11 is 0. The molecule has 2 N–H and O–H groups in total. The van der Waals surface area contributed by atoms with E-state index in [1.54, 1.807) is 7.05 Å². The zero-order valence-electron chi connectivity index (χ0n) is 9.50. The predicted octanol–water partition coefficient (Wildman–Crippen LogP) is 1.28. The van der Waals surface area contributed by atoms with Gasteiger partial charge in [-0.15, -0.1) is 0 Å². The summed E-state index contributed by atoms with van der Waals surface area (Å²) < 4.78 is 5.22. The highest BCUT2D eigenvalue weighted by Crippen LogP contribution is 2.08. The van der Waals surface area contributed by atoms with Crippen LogP contribution in [0.2, 0.25) is 0 Å².